The Bertz CT molecular complexity index is 310. The van der Waals surface area contributed by atoms with Crippen LogP contribution in [-0.4, -0.2) is 9.81 Å². The molecule has 1 heterocycles. The number of nitrogens with zero attached hydrogens (tertiary/aromatic N) is 1. The zero-order valence-corrected chi connectivity index (χ0v) is 10.3. The van der Waals surface area contributed by atoms with Gasteiger partial charge in [0.05, 0.1) is 6.20 Å². The molecule has 1 unspecified atom stereocenters. The molecule has 0 saturated heterocycles. The van der Waals surface area contributed by atoms with Gasteiger partial charge in [-0.25, -0.2) is 4.39 Å². The third-order valence-corrected chi connectivity index (χ3v) is 2.62. The summed E-state index contributed by atoms with van der Waals surface area (Å²) in [6.07, 6.45) is 3.81. The number of hydrogen-bond acceptors (Lipinski definition) is 1. The highest BCUT2D eigenvalue weighted by Gasteiger charge is 2.25. The highest BCUT2D eigenvalue weighted by Crippen LogP contribution is 2.31. The van der Waals surface area contributed by atoms with Gasteiger partial charge in [-0.2, -0.15) is 0 Å². The first-order valence-electron chi connectivity index (χ1n) is 4.67. The Morgan fingerprint density at radius 1 is 1.57 bits per heavy atom. The zero-order valence-electron chi connectivity index (χ0n) is 8.72. The van der Waals surface area contributed by atoms with Crippen LogP contribution in [0.25, 0.3) is 0 Å². The summed E-state index contributed by atoms with van der Waals surface area (Å²) in [5.41, 5.74) is 0.578. The summed E-state index contributed by atoms with van der Waals surface area (Å²) in [4.78, 5) is 4.13. The highest BCUT2D eigenvalue weighted by atomic mass is 79.9. The number of alkyl halides is 1. The second kappa shape index (κ2) is 4.39. The quantitative estimate of drug-likeness (QED) is 0.755. The van der Waals surface area contributed by atoms with Crippen LogP contribution in [0.5, 0.6) is 0 Å². The van der Waals surface area contributed by atoms with Gasteiger partial charge < -0.3 is 0 Å². The lowest BCUT2D eigenvalue weighted by atomic mass is 9.81. The predicted molar refractivity (Wildman–Crippen MR) is 60.2 cm³/mol. The second-order valence-corrected chi connectivity index (χ2v) is 5.79. The van der Waals surface area contributed by atoms with Crippen molar-refractivity contribution in [2.75, 3.05) is 0 Å². The molecule has 0 radical (unpaired) electrons. The fourth-order valence-electron chi connectivity index (χ4n) is 1.74. The summed E-state index contributed by atoms with van der Waals surface area (Å²) < 4.78 is 13.5. The van der Waals surface area contributed by atoms with Crippen molar-refractivity contribution >= 4 is 15.9 Å². The molecule has 1 rings (SSSR count). The Morgan fingerprint density at radius 3 is 2.71 bits per heavy atom. The van der Waals surface area contributed by atoms with Gasteiger partial charge in [0, 0.05) is 11.0 Å². The molecule has 0 saturated carbocycles. The average Bonchev–Trinajstić information content (AvgIpc) is 2.02. The molecule has 1 aromatic heterocycles. The molecule has 78 valence electrons. The van der Waals surface area contributed by atoms with E-state index in [4.69, 9.17) is 0 Å². The smallest absolute Gasteiger partial charge is 0.145 e. The van der Waals surface area contributed by atoms with E-state index in [2.05, 4.69) is 27.8 Å². The van der Waals surface area contributed by atoms with Gasteiger partial charge in [-0.05, 0) is 23.5 Å². The van der Waals surface area contributed by atoms with Gasteiger partial charge in [0.1, 0.15) is 5.82 Å². The summed E-state index contributed by atoms with van der Waals surface area (Å²) in [6.45, 7) is 6.16. The van der Waals surface area contributed by atoms with E-state index in [0.29, 0.717) is 4.83 Å². The Hall–Kier alpha value is -0.440. The Balaban J connectivity index is 2.97. The van der Waals surface area contributed by atoms with Gasteiger partial charge in [-0.1, -0.05) is 36.7 Å². The minimum absolute atomic E-state index is 0.157. The third kappa shape index (κ3) is 2.77. The van der Waals surface area contributed by atoms with Crippen molar-refractivity contribution in [2.45, 2.75) is 37.4 Å². The molecular formula is C11H15BrFN. The first-order valence-corrected chi connectivity index (χ1v) is 5.59. The van der Waals surface area contributed by atoms with Crippen LogP contribution in [-0.2, 0) is 5.41 Å². The lowest BCUT2D eigenvalue weighted by Gasteiger charge is -2.26. The lowest BCUT2D eigenvalue weighted by Crippen LogP contribution is -2.22. The molecule has 0 aliphatic rings. The lowest BCUT2D eigenvalue weighted by molar-refractivity contribution is 0.450. The number of rotatable bonds is 3. The molecule has 0 aliphatic carbocycles. The summed E-state index contributed by atoms with van der Waals surface area (Å²) in [5.74, 6) is -0.217. The van der Waals surface area contributed by atoms with Gasteiger partial charge >= 0.3 is 0 Å². The van der Waals surface area contributed by atoms with E-state index in [0.717, 1.165) is 12.0 Å². The third-order valence-electron chi connectivity index (χ3n) is 2.29. The summed E-state index contributed by atoms with van der Waals surface area (Å²) >= 11 is 3.49. The van der Waals surface area contributed by atoms with Crippen LogP contribution in [0.3, 0.4) is 0 Å². The highest BCUT2D eigenvalue weighted by molar-refractivity contribution is 9.09. The molecular weight excluding hydrogens is 245 g/mol. The summed E-state index contributed by atoms with van der Waals surface area (Å²) in [6, 6.07) is 1.75. The second-order valence-electron chi connectivity index (χ2n) is 4.22. The Morgan fingerprint density at radius 2 is 2.21 bits per heavy atom. The molecule has 3 heteroatoms. The SMILES string of the molecule is CC(Br)CC(C)(C)c1ccncc1F. The van der Waals surface area contributed by atoms with Crippen molar-refractivity contribution in [3.8, 4) is 0 Å². The maximum absolute atomic E-state index is 13.5. The van der Waals surface area contributed by atoms with Gasteiger partial charge in [-0.15, -0.1) is 0 Å². The normalized spacial score (nSPS) is 14.1. The van der Waals surface area contributed by atoms with E-state index >= 15 is 0 Å². The van der Waals surface area contributed by atoms with E-state index in [9.17, 15) is 4.39 Å². The average molecular weight is 260 g/mol. The molecule has 0 amide bonds. The van der Waals surface area contributed by atoms with Gasteiger partial charge in [-0.3, -0.25) is 4.98 Å². The Labute approximate surface area is 92.9 Å². The van der Waals surface area contributed by atoms with Gasteiger partial charge in [0.2, 0.25) is 0 Å². The van der Waals surface area contributed by atoms with E-state index in [-0.39, 0.29) is 11.2 Å². The van der Waals surface area contributed by atoms with Crippen LogP contribution >= 0.6 is 15.9 Å². The number of aromatic nitrogens is 1. The molecule has 0 spiro atoms. The summed E-state index contributed by atoms with van der Waals surface area (Å²) in [7, 11) is 0. The minimum Gasteiger partial charge on any atom is -0.262 e. The van der Waals surface area contributed by atoms with Crippen molar-refractivity contribution in [3.63, 3.8) is 0 Å². The van der Waals surface area contributed by atoms with Crippen LogP contribution < -0.4 is 0 Å². The van der Waals surface area contributed by atoms with Crippen LogP contribution in [0, 0.1) is 5.82 Å². The van der Waals surface area contributed by atoms with Gasteiger partial charge in [0.15, 0.2) is 0 Å². The fraction of sp³-hybridized carbons (Fsp3) is 0.545. The monoisotopic (exact) mass is 259 g/mol. The van der Waals surface area contributed by atoms with Crippen LogP contribution in [0.2, 0.25) is 0 Å². The molecule has 0 bridgehead atoms. The van der Waals surface area contributed by atoms with E-state index in [1.807, 2.05) is 13.8 Å². The molecule has 14 heavy (non-hydrogen) atoms. The fourth-order valence-corrected chi connectivity index (χ4v) is 2.55. The maximum Gasteiger partial charge on any atom is 0.145 e. The van der Waals surface area contributed by atoms with Crippen LogP contribution in [0.4, 0.5) is 4.39 Å². The number of hydrogen-bond donors (Lipinski definition) is 0. The van der Waals surface area contributed by atoms with E-state index in [1.54, 1.807) is 12.3 Å². The van der Waals surface area contributed by atoms with Crippen LogP contribution in [0.15, 0.2) is 18.5 Å². The topological polar surface area (TPSA) is 12.9 Å². The maximum atomic E-state index is 13.5. The van der Waals surface area contributed by atoms with Crippen molar-refractivity contribution in [3.05, 3.63) is 29.8 Å². The van der Waals surface area contributed by atoms with Crippen LogP contribution in [0.1, 0.15) is 32.8 Å². The predicted octanol–water partition coefficient (Wildman–Crippen LogP) is 3.67. The molecule has 1 nitrogen and oxygen atoms in total. The van der Waals surface area contributed by atoms with Gasteiger partial charge in [0.25, 0.3) is 0 Å². The van der Waals surface area contributed by atoms with Crippen molar-refractivity contribution in [1.29, 1.82) is 0 Å². The van der Waals surface area contributed by atoms with E-state index < -0.39 is 0 Å². The molecule has 1 aromatic rings. The molecule has 0 aliphatic heterocycles. The van der Waals surface area contributed by atoms with Crippen molar-refractivity contribution in [2.24, 2.45) is 0 Å². The number of halogens is 2. The first kappa shape index (κ1) is 11.6. The molecule has 0 aromatic carbocycles. The summed E-state index contributed by atoms with van der Waals surface area (Å²) in [5, 5.41) is 0. The number of pyridine rings is 1. The standard InChI is InChI=1S/C11H15BrFN/c1-8(12)6-11(2,3)9-4-5-14-7-10(9)13/h4-5,7-8H,6H2,1-3H3. The van der Waals surface area contributed by atoms with Crippen molar-refractivity contribution in [1.82, 2.24) is 4.98 Å². The molecule has 1 atom stereocenters. The van der Waals surface area contributed by atoms with E-state index in [1.165, 1.54) is 6.20 Å². The molecule has 0 N–H and O–H groups in total. The Kier molecular flexibility index (Phi) is 3.65. The molecule has 0 fully saturated rings. The first-order chi connectivity index (χ1) is 6.43. The largest absolute Gasteiger partial charge is 0.262 e. The minimum atomic E-state index is -0.217. The zero-order chi connectivity index (χ0) is 10.8. The van der Waals surface area contributed by atoms with Crippen molar-refractivity contribution < 1.29 is 4.39 Å².